The van der Waals surface area contributed by atoms with Gasteiger partial charge in [-0.25, -0.2) is 0 Å². The highest BCUT2D eigenvalue weighted by molar-refractivity contribution is 5.37. The first-order chi connectivity index (χ1) is 9.42. The predicted molar refractivity (Wildman–Crippen MR) is 73.3 cm³/mol. The van der Waals surface area contributed by atoms with Crippen molar-refractivity contribution in [3.8, 4) is 5.75 Å². The maximum absolute atomic E-state index is 5.93. The Kier molecular flexibility index (Phi) is 2.97. The summed E-state index contributed by atoms with van der Waals surface area (Å²) < 4.78 is 11.7. The van der Waals surface area contributed by atoms with Crippen LogP contribution in [0.25, 0.3) is 0 Å². The number of rotatable bonds is 3. The van der Waals surface area contributed by atoms with Crippen LogP contribution in [-0.2, 0) is 4.74 Å². The van der Waals surface area contributed by atoms with Crippen molar-refractivity contribution in [2.24, 2.45) is 5.92 Å². The summed E-state index contributed by atoms with van der Waals surface area (Å²) in [4.78, 5) is 0. The first-order valence-corrected chi connectivity index (χ1v) is 7.51. The van der Waals surface area contributed by atoms with Crippen molar-refractivity contribution in [1.29, 1.82) is 0 Å². The summed E-state index contributed by atoms with van der Waals surface area (Å²) >= 11 is 0. The van der Waals surface area contributed by atoms with E-state index < -0.39 is 0 Å². The molecule has 3 atom stereocenters. The van der Waals surface area contributed by atoms with Crippen LogP contribution in [0.4, 0.5) is 0 Å². The number of para-hydroxylation sites is 1. The van der Waals surface area contributed by atoms with Gasteiger partial charge in [-0.05, 0) is 31.2 Å². The predicted octanol–water partition coefficient (Wildman–Crippen LogP) is 2.67. The average Bonchev–Trinajstić information content (AvgIpc) is 3.20. The second-order valence-corrected chi connectivity index (χ2v) is 5.96. The van der Waals surface area contributed by atoms with E-state index in [2.05, 4.69) is 23.5 Å². The van der Waals surface area contributed by atoms with E-state index in [1.165, 1.54) is 18.4 Å². The van der Waals surface area contributed by atoms with E-state index in [0.717, 1.165) is 37.7 Å². The first-order valence-electron chi connectivity index (χ1n) is 7.51. The molecule has 0 amide bonds. The minimum atomic E-state index is 0.429. The molecule has 2 heterocycles. The van der Waals surface area contributed by atoms with E-state index >= 15 is 0 Å². The first kappa shape index (κ1) is 11.7. The van der Waals surface area contributed by atoms with Crippen LogP contribution in [0, 0.1) is 5.92 Å². The summed E-state index contributed by atoms with van der Waals surface area (Å²) in [6.07, 6.45) is 5.38. The molecule has 0 bridgehead atoms. The van der Waals surface area contributed by atoms with Crippen molar-refractivity contribution in [3.63, 3.8) is 0 Å². The van der Waals surface area contributed by atoms with E-state index in [1.807, 2.05) is 6.07 Å². The Morgan fingerprint density at radius 1 is 1.00 bits per heavy atom. The minimum Gasteiger partial charge on any atom is -0.493 e. The van der Waals surface area contributed by atoms with Crippen molar-refractivity contribution < 1.29 is 9.47 Å². The van der Waals surface area contributed by atoms with Gasteiger partial charge >= 0.3 is 0 Å². The molecule has 0 spiro atoms. The fraction of sp³-hybridized carbons (Fsp3) is 0.625. The van der Waals surface area contributed by atoms with Gasteiger partial charge in [-0.2, -0.15) is 0 Å². The molecule has 0 aromatic heterocycles. The second-order valence-electron chi connectivity index (χ2n) is 5.96. The molecule has 1 saturated carbocycles. The highest BCUT2D eigenvalue weighted by atomic mass is 16.5. The van der Waals surface area contributed by atoms with E-state index in [-0.39, 0.29) is 0 Å². The molecule has 102 valence electrons. The zero-order chi connectivity index (χ0) is 12.7. The maximum atomic E-state index is 5.93. The largest absolute Gasteiger partial charge is 0.493 e. The van der Waals surface area contributed by atoms with E-state index in [0.29, 0.717) is 18.2 Å². The third-order valence-electron chi connectivity index (χ3n) is 4.60. The maximum Gasteiger partial charge on any atom is 0.124 e. The number of benzene rings is 1. The normalized spacial score (nSPS) is 33.8. The van der Waals surface area contributed by atoms with Crippen LogP contribution in [0.1, 0.15) is 37.3 Å². The molecule has 3 heteroatoms. The van der Waals surface area contributed by atoms with E-state index in [4.69, 9.17) is 9.47 Å². The molecule has 1 aliphatic carbocycles. The Bertz CT molecular complexity index is 458. The van der Waals surface area contributed by atoms with E-state index in [1.54, 1.807) is 0 Å². The van der Waals surface area contributed by atoms with Gasteiger partial charge in [0.05, 0.1) is 12.7 Å². The van der Waals surface area contributed by atoms with Gasteiger partial charge in [-0.3, -0.25) is 0 Å². The van der Waals surface area contributed by atoms with Gasteiger partial charge in [-0.1, -0.05) is 18.2 Å². The van der Waals surface area contributed by atoms with Crippen LogP contribution >= 0.6 is 0 Å². The lowest BCUT2D eigenvalue weighted by molar-refractivity contribution is 0.0772. The molecule has 2 fully saturated rings. The third kappa shape index (κ3) is 2.26. The lowest BCUT2D eigenvalue weighted by Crippen LogP contribution is -2.41. The summed E-state index contributed by atoms with van der Waals surface area (Å²) in [5.74, 6) is 1.86. The quantitative estimate of drug-likeness (QED) is 0.905. The fourth-order valence-corrected chi connectivity index (χ4v) is 3.45. The standard InChI is InChI=1S/C16H21NO2/c1-2-4-15-12(3-1)13(7-9-18-15)17-14-8-10-19-16(14)11-5-6-11/h1-4,11,13-14,16-17H,5-10H2. The molecule has 1 aromatic rings. The fourth-order valence-electron chi connectivity index (χ4n) is 3.45. The molecule has 3 unspecified atom stereocenters. The third-order valence-corrected chi connectivity index (χ3v) is 4.60. The molecule has 3 nitrogen and oxygen atoms in total. The molecule has 1 N–H and O–H groups in total. The average molecular weight is 259 g/mol. The molecule has 4 rings (SSSR count). The van der Waals surface area contributed by atoms with Crippen LogP contribution < -0.4 is 10.1 Å². The highest BCUT2D eigenvalue weighted by Gasteiger charge is 2.41. The van der Waals surface area contributed by atoms with Gasteiger partial charge in [-0.15, -0.1) is 0 Å². The zero-order valence-electron chi connectivity index (χ0n) is 11.2. The van der Waals surface area contributed by atoms with Gasteiger partial charge in [0, 0.05) is 30.7 Å². The molecule has 2 aliphatic heterocycles. The van der Waals surface area contributed by atoms with Crippen molar-refractivity contribution >= 4 is 0 Å². The van der Waals surface area contributed by atoms with Crippen LogP contribution in [0.3, 0.4) is 0 Å². The SMILES string of the molecule is c1ccc2c(c1)OCCC2NC1CCOC1C1CC1. The summed E-state index contributed by atoms with van der Waals surface area (Å²) in [5.41, 5.74) is 1.31. The van der Waals surface area contributed by atoms with Crippen LogP contribution in [0.2, 0.25) is 0 Å². The molecular formula is C16H21NO2. The summed E-state index contributed by atoms with van der Waals surface area (Å²) in [6.45, 7) is 1.74. The van der Waals surface area contributed by atoms with Crippen LogP contribution in [0.15, 0.2) is 24.3 Å². The van der Waals surface area contributed by atoms with Crippen molar-refractivity contribution in [3.05, 3.63) is 29.8 Å². The van der Waals surface area contributed by atoms with Crippen LogP contribution in [0.5, 0.6) is 5.75 Å². The monoisotopic (exact) mass is 259 g/mol. The smallest absolute Gasteiger partial charge is 0.124 e. The van der Waals surface area contributed by atoms with Gasteiger partial charge in [0.25, 0.3) is 0 Å². The number of fused-ring (bicyclic) bond motifs is 1. The van der Waals surface area contributed by atoms with Gasteiger partial charge in [0.1, 0.15) is 5.75 Å². The molecule has 19 heavy (non-hydrogen) atoms. The lowest BCUT2D eigenvalue weighted by atomic mass is 9.97. The van der Waals surface area contributed by atoms with Gasteiger partial charge in [0.2, 0.25) is 0 Å². The number of nitrogens with one attached hydrogen (secondary N) is 1. The molecule has 1 aromatic carbocycles. The Balaban J connectivity index is 1.51. The Morgan fingerprint density at radius 2 is 1.89 bits per heavy atom. The number of hydrogen-bond donors (Lipinski definition) is 1. The lowest BCUT2D eigenvalue weighted by Gasteiger charge is -2.31. The number of hydrogen-bond acceptors (Lipinski definition) is 3. The van der Waals surface area contributed by atoms with Crippen molar-refractivity contribution in [1.82, 2.24) is 5.32 Å². The molecular weight excluding hydrogens is 238 g/mol. The topological polar surface area (TPSA) is 30.5 Å². The second kappa shape index (κ2) is 4.80. The van der Waals surface area contributed by atoms with Crippen molar-refractivity contribution in [2.75, 3.05) is 13.2 Å². The zero-order valence-corrected chi connectivity index (χ0v) is 11.2. The van der Waals surface area contributed by atoms with E-state index in [9.17, 15) is 0 Å². The highest BCUT2D eigenvalue weighted by Crippen LogP contribution is 2.40. The van der Waals surface area contributed by atoms with Crippen molar-refractivity contribution in [2.45, 2.75) is 43.9 Å². The Morgan fingerprint density at radius 3 is 2.79 bits per heavy atom. The summed E-state index contributed by atoms with van der Waals surface area (Å²) in [6, 6.07) is 9.38. The Labute approximate surface area is 114 Å². The molecule has 1 saturated heterocycles. The van der Waals surface area contributed by atoms with Crippen LogP contribution in [-0.4, -0.2) is 25.4 Å². The Hall–Kier alpha value is -1.06. The molecule has 3 aliphatic rings. The minimum absolute atomic E-state index is 0.429. The summed E-state index contributed by atoms with van der Waals surface area (Å²) in [7, 11) is 0. The molecule has 0 radical (unpaired) electrons. The summed E-state index contributed by atoms with van der Waals surface area (Å²) in [5, 5.41) is 3.84. The van der Waals surface area contributed by atoms with Gasteiger partial charge in [0.15, 0.2) is 0 Å². The number of ether oxygens (including phenoxy) is 2. The van der Waals surface area contributed by atoms with Gasteiger partial charge < -0.3 is 14.8 Å².